The predicted molar refractivity (Wildman–Crippen MR) is 221 cm³/mol. The second-order valence-electron chi connectivity index (χ2n) is 12.4. The van der Waals surface area contributed by atoms with Gasteiger partial charge in [0.25, 0.3) is 0 Å². The molecule has 6 rings (SSSR count). The third-order valence-corrected chi connectivity index (χ3v) is 13.5. The van der Waals surface area contributed by atoms with Crippen LogP contribution in [0.1, 0.15) is 27.7 Å². The number of hydrogen-bond donors (Lipinski definition) is 0. The lowest BCUT2D eigenvalue weighted by Crippen LogP contribution is -2.32. The topological polar surface area (TPSA) is 56.8 Å². The zero-order valence-electron chi connectivity index (χ0n) is 30.5. The van der Waals surface area contributed by atoms with Crippen molar-refractivity contribution in [3.8, 4) is 22.5 Å². The molecule has 0 spiro atoms. The van der Waals surface area contributed by atoms with E-state index in [1.54, 1.807) is 6.07 Å². The first-order valence-electron chi connectivity index (χ1n) is 18.2. The summed E-state index contributed by atoms with van der Waals surface area (Å²) in [7, 11) is -3.75. The third kappa shape index (κ3) is 8.44. The van der Waals surface area contributed by atoms with Gasteiger partial charge < -0.3 is 9.32 Å². The molecule has 4 aromatic carbocycles. The van der Waals surface area contributed by atoms with Crippen LogP contribution in [0.15, 0.2) is 140 Å². The molecule has 0 unspecified atom stereocenters. The van der Waals surface area contributed by atoms with E-state index >= 15 is 0 Å². The molecule has 9 heteroatoms. The predicted octanol–water partition coefficient (Wildman–Crippen LogP) is 9.44. The van der Waals surface area contributed by atoms with Crippen LogP contribution in [0, 0.1) is 0 Å². The van der Waals surface area contributed by atoms with Gasteiger partial charge in [-0.1, -0.05) is 68.4 Å². The molecule has 270 valence electrons. The van der Waals surface area contributed by atoms with Gasteiger partial charge in [-0.2, -0.15) is 4.31 Å². The Morgan fingerprint density at radius 1 is 0.673 bits per heavy atom. The lowest BCUT2D eigenvalue weighted by Gasteiger charge is -2.25. The summed E-state index contributed by atoms with van der Waals surface area (Å²) in [5.74, 6) is 2.63. The van der Waals surface area contributed by atoms with Crippen LogP contribution in [-0.4, -0.2) is 63.5 Å². The van der Waals surface area contributed by atoms with E-state index in [0.717, 1.165) is 76.6 Å². The zero-order valence-corrected chi connectivity index (χ0v) is 32.9. The molecule has 4 aromatic rings. The summed E-state index contributed by atoms with van der Waals surface area (Å²) in [5, 5.41) is 1.96. The molecule has 52 heavy (non-hydrogen) atoms. The summed E-state index contributed by atoms with van der Waals surface area (Å²) in [5.41, 5.74) is 4.23. The van der Waals surface area contributed by atoms with E-state index in [4.69, 9.17) is 4.42 Å². The van der Waals surface area contributed by atoms with Crippen LogP contribution in [0.5, 0.6) is 0 Å². The molecule has 0 radical (unpaired) electrons. The van der Waals surface area contributed by atoms with Gasteiger partial charge in [0.05, 0.1) is 16.7 Å². The van der Waals surface area contributed by atoms with Gasteiger partial charge in [-0.15, -0.1) is 23.5 Å². The van der Waals surface area contributed by atoms with E-state index in [1.165, 1.54) is 14.1 Å². The van der Waals surface area contributed by atoms with E-state index < -0.39 is 10.0 Å². The minimum atomic E-state index is -3.75. The first-order chi connectivity index (χ1) is 25.4. The summed E-state index contributed by atoms with van der Waals surface area (Å²) >= 11 is 3.70. The smallest absolute Gasteiger partial charge is 0.243 e. The van der Waals surface area contributed by atoms with Crippen molar-refractivity contribution in [1.29, 1.82) is 0 Å². The number of benzene rings is 5. The highest BCUT2D eigenvalue weighted by atomic mass is 32.2. The molecule has 0 fully saturated rings. The van der Waals surface area contributed by atoms with Gasteiger partial charge in [-0.05, 0) is 62.4 Å². The molecule has 0 atom stereocenters. The van der Waals surface area contributed by atoms with Crippen molar-refractivity contribution in [2.75, 3.05) is 55.7 Å². The normalized spacial score (nSPS) is 12.5. The van der Waals surface area contributed by atoms with Gasteiger partial charge in [-0.3, -0.25) is 0 Å². The Balaban J connectivity index is 1.48. The van der Waals surface area contributed by atoms with Crippen molar-refractivity contribution in [2.24, 2.45) is 0 Å². The van der Waals surface area contributed by atoms with Gasteiger partial charge in [-0.25, -0.2) is 13.0 Å². The fourth-order valence-corrected chi connectivity index (χ4v) is 10.1. The lowest BCUT2D eigenvalue weighted by atomic mass is 9.93. The van der Waals surface area contributed by atoms with E-state index in [2.05, 4.69) is 108 Å². The van der Waals surface area contributed by atoms with E-state index in [0.29, 0.717) is 23.5 Å². The summed E-state index contributed by atoms with van der Waals surface area (Å²) in [6.07, 6.45) is 0. The largest absolute Gasteiger partial charge is 0.456 e. The number of rotatable bonds is 16. The Labute approximate surface area is 317 Å². The lowest BCUT2D eigenvalue weighted by molar-refractivity contribution is 0.445. The Hall–Kier alpha value is -4.02. The highest BCUT2D eigenvalue weighted by molar-refractivity contribution is 7.99. The third-order valence-electron chi connectivity index (χ3n) is 9.41. The number of hydrogen-bond acceptors (Lipinski definition) is 6. The molecule has 2 aliphatic rings. The van der Waals surface area contributed by atoms with Gasteiger partial charge in [0.2, 0.25) is 15.4 Å². The van der Waals surface area contributed by atoms with Gasteiger partial charge in [0.15, 0.2) is 6.54 Å². The maximum Gasteiger partial charge on any atom is 0.243 e. The average molecular weight is 751 g/mol. The minimum absolute atomic E-state index is 0.307. The quantitative estimate of drug-likeness (QED) is 0.0559. The highest BCUT2D eigenvalue weighted by Gasteiger charge is 2.28. The van der Waals surface area contributed by atoms with Crippen LogP contribution in [0.2, 0.25) is 0 Å². The molecule has 0 bridgehead atoms. The fourth-order valence-electron chi connectivity index (χ4n) is 6.67. The summed E-state index contributed by atoms with van der Waals surface area (Å²) in [6, 6.07) is 41.1. The number of fused-ring (bicyclic) bond motifs is 2. The van der Waals surface area contributed by atoms with Crippen molar-refractivity contribution in [3.05, 3.63) is 127 Å². The summed E-state index contributed by atoms with van der Waals surface area (Å²) in [4.78, 5) is 5.20. The van der Waals surface area contributed by atoms with Crippen molar-refractivity contribution in [2.45, 2.75) is 42.4 Å². The van der Waals surface area contributed by atoms with Crippen LogP contribution < -0.4 is 14.8 Å². The molecule has 0 saturated heterocycles. The number of sulfonamides is 1. The molecule has 0 N–H and O–H groups in total. The molecule has 0 amide bonds. The van der Waals surface area contributed by atoms with Crippen LogP contribution in [0.25, 0.3) is 33.4 Å². The zero-order chi connectivity index (χ0) is 36.5. The second kappa shape index (κ2) is 17.7. The Morgan fingerprint density at radius 2 is 1.33 bits per heavy atom. The molecule has 1 aliphatic heterocycles. The first-order valence-corrected chi connectivity index (χ1v) is 21.6. The van der Waals surface area contributed by atoms with Crippen molar-refractivity contribution < 1.29 is 12.8 Å². The second-order valence-corrected chi connectivity index (χ2v) is 16.6. The van der Waals surface area contributed by atoms with Crippen molar-refractivity contribution in [1.82, 2.24) is 8.88 Å². The number of thioether (sulfide) groups is 2. The van der Waals surface area contributed by atoms with Gasteiger partial charge >= 0.3 is 0 Å². The molecule has 6 nitrogen and oxygen atoms in total. The standard InChI is InChI=1S/C43H48N3O3S3/c1-5-44(27-29-50-35-17-11-9-12-18-35)33-23-25-37-40(31-33)49-41-32-34(45(6-2)28-30-51-36-19-13-10-14-20-36)24-26-38(41)43(37)39-21-15-16-22-42(39)52(47,48)46(7-3)8-4/h9-26,31-32H,5-8,27-30H2,1-4H3/q+1. The molecule has 0 aromatic heterocycles. The molecule has 1 heterocycles. The maximum atomic E-state index is 14.1. The van der Waals surface area contributed by atoms with Gasteiger partial charge in [0.1, 0.15) is 17.9 Å². The number of anilines is 1. The molecule has 1 aliphatic carbocycles. The Kier molecular flexibility index (Phi) is 12.8. The molecule has 0 saturated carbocycles. The van der Waals surface area contributed by atoms with Gasteiger partial charge in [0, 0.05) is 81.6 Å². The van der Waals surface area contributed by atoms with E-state index in [-0.39, 0.29) is 0 Å². The van der Waals surface area contributed by atoms with Crippen molar-refractivity contribution in [3.63, 3.8) is 0 Å². The Morgan fingerprint density at radius 3 is 1.98 bits per heavy atom. The summed E-state index contributed by atoms with van der Waals surface area (Å²) in [6.45, 7) is 12.4. The van der Waals surface area contributed by atoms with Crippen molar-refractivity contribution >= 4 is 50.2 Å². The summed E-state index contributed by atoms with van der Waals surface area (Å²) < 4.78 is 38.9. The van der Waals surface area contributed by atoms with Crippen LogP contribution in [0.4, 0.5) is 5.69 Å². The SMILES string of the molecule is CCN(CCSc1ccccc1)c1ccc2c(-c3ccccc3S(=O)(=O)N(CC)CC)c3ccc(=[N+](CC)CCSc4ccccc4)cc-3oc2c1. The average Bonchev–Trinajstić information content (AvgIpc) is 3.18. The first kappa shape index (κ1) is 37.7. The maximum absolute atomic E-state index is 14.1. The molecular formula is C43H48N3O3S3+. The highest BCUT2D eigenvalue weighted by Crippen LogP contribution is 2.43. The monoisotopic (exact) mass is 750 g/mol. The molecular weight excluding hydrogens is 703 g/mol. The van der Waals surface area contributed by atoms with E-state index in [1.807, 2.05) is 67.7 Å². The fraction of sp³-hybridized carbons (Fsp3) is 0.279. The Bertz CT molecular complexity index is 2240. The van der Waals surface area contributed by atoms with Crippen LogP contribution in [0.3, 0.4) is 0 Å². The minimum Gasteiger partial charge on any atom is -0.456 e. The van der Waals surface area contributed by atoms with Crippen LogP contribution in [-0.2, 0) is 10.0 Å². The van der Waals surface area contributed by atoms with Crippen LogP contribution >= 0.6 is 23.5 Å². The van der Waals surface area contributed by atoms with E-state index in [9.17, 15) is 8.42 Å². The number of nitrogens with zero attached hydrogens (tertiary/aromatic N) is 3.